The van der Waals surface area contributed by atoms with Crippen molar-refractivity contribution in [3.8, 4) is 10.4 Å². The molecule has 1 heterocycles. The van der Waals surface area contributed by atoms with Crippen LogP contribution < -0.4 is 5.32 Å². The van der Waals surface area contributed by atoms with Gasteiger partial charge in [-0.05, 0) is 29.8 Å². The number of rotatable bonds is 3. The molecule has 1 aromatic carbocycles. The van der Waals surface area contributed by atoms with Crippen LogP contribution in [-0.2, 0) is 11.1 Å². The number of carbonyl (C=O) groups excluding carboxylic acids is 1. The second-order valence-corrected chi connectivity index (χ2v) is 5.81. The molecule has 0 radical (unpaired) electrons. The maximum Gasteiger partial charge on any atom is 0.251 e. The van der Waals surface area contributed by atoms with Crippen LogP contribution in [-0.4, -0.2) is 21.7 Å². The third-order valence-electron chi connectivity index (χ3n) is 2.39. The van der Waals surface area contributed by atoms with Gasteiger partial charge in [0.15, 0.2) is 11.1 Å². The standard InChI is InChI=1S/C12H11NO3S2/c1-13-12(14)9-4-2-3-8(7-9)10-5-6-11(17-10)18(15)16/h2-7H,1H3,(H,13,14)(H,15,16). The number of nitrogens with one attached hydrogen (secondary N) is 1. The minimum absolute atomic E-state index is 0.153. The summed E-state index contributed by atoms with van der Waals surface area (Å²) >= 11 is -0.718. The third kappa shape index (κ3) is 2.66. The molecule has 0 fully saturated rings. The summed E-state index contributed by atoms with van der Waals surface area (Å²) in [4.78, 5) is 12.4. The van der Waals surface area contributed by atoms with E-state index in [2.05, 4.69) is 5.32 Å². The Morgan fingerprint density at radius 3 is 2.72 bits per heavy atom. The van der Waals surface area contributed by atoms with Gasteiger partial charge in [-0.2, -0.15) is 0 Å². The Morgan fingerprint density at radius 1 is 1.33 bits per heavy atom. The van der Waals surface area contributed by atoms with E-state index in [0.717, 1.165) is 10.4 Å². The quantitative estimate of drug-likeness (QED) is 0.849. The maximum atomic E-state index is 11.5. The molecule has 18 heavy (non-hydrogen) atoms. The first-order chi connectivity index (χ1) is 8.61. The predicted molar refractivity (Wildman–Crippen MR) is 72.2 cm³/mol. The lowest BCUT2D eigenvalue weighted by atomic mass is 10.1. The van der Waals surface area contributed by atoms with Crippen molar-refractivity contribution < 1.29 is 13.6 Å². The molecule has 6 heteroatoms. The first-order valence-corrected chi connectivity index (χ1v) is 7.07. The highest BCUT2D eigenvalue weighted by Crippen LogP contribution is 2.30. The van der Waals surface area contributed by atoms with Crippen LogP contribution in [0.4, 0.5) is 0 Å². The lowest BCUT2D eigenvalue weighted by Gasteiger charge is -2.02. The molecule has 1 aromatic heterocycles. The fourth-order valence-electron chi connectivity index (χ4n) is 1.53. The highest BCUT2D eigenvalue weighted by Gasteiger charge is 2.09. The Labute approximate surface area is 111 Å². The summed E-state index contributed by atoms with van der Waals surface area (Å²) < 4.78 is 20.3. The summed E-state index contributed by atoms with van der Waals surface area (Å²) in [6.45, 7) is 0. The average Bonchev–Trinajstić information content (AvgIpc) is 2.88. The molecule has 0 bridgehead atoms. The molecule has 0 aliphatic rings. The van der Waals surface area contributed by atoms with E-state index in [4.69, 9.17) is 4.55 Å². The Hall–Kier alpha value is -1.50. The molecular weight excluding hydrogens is 270 g/mol. The van der Waals surface area contributed by atoms with Gasteiger partial charge in [-0.25, -0.2) is 4.21 Å². The minimum Gasteiger partial charge on any atom is -0.355 e. The Bertz CT molecular complexity index is 607. The van der Waals surface area contributed by atoms with Crippen LogP contribution in [0.25, 0.3) is 10.4 Å². The summed E-state index contributed by atoms with van der Waals surface area (Å²) in [5.41, 5.74) is 1.42. The van der Waals surface area contributed by atoms with Gasteiger partial charge in [0.2, 0.25) is 0 Å². The molecule has 1 amide bonds. The minimum atomic E-state index is -1.96. The van der Waals surface area contributed by atoms with Gasteiger partial charge in [0.1, 0.15) is 4.21 Å². The Morgan fingerprint density at radius 2 is 2.11 bits per heavy atom. The van der Waals surface area contributed by atoms with E-state index in [1.807, 2.05) is 6.07 Å². The van der Waals surface area contributed by atoms with E-state index in [1.54, 1.807) is 37.4 Å². The van der Waals surface area contributed by atoms with Crippen molar-refractivity contribution in [2.75, 3.05) is 7.05 Å². The first-order valence-electron chi connectivity index (χ1n) is 5.15. The molecule has 0 saturated heterocycles. The zero-order chi connectivity index (χ0) is 13.1. The molecule has 94 valence electrons. The van der Waals surface area contributed by atoms with Gasteiger partial charge in [-0.1, -0.05) is 12.1 Å². The molecule has 0 aliphatic heterocycles. The van der Waals surface area contributed by atoms with E-state index in [9.17, 15) is 9.00 Å². The largest absolute Gasteiger partial charge is 0.355 e. The fraction of sp³-hybridized carbons (Fsp3) is 0.0833. The molecule has 2 aromatic rings. The molecule has 0 saturated carbocycles. The van der Waals surface area contributed by atoms with Gasteiger partial charge >= 0.3 is 0 Å². The van der Waals surface area contributed by atoms with Crippen LogP contribution in [0.1, 0.15) is 10.4 Å². The molecule has 1 unspecified atom stereocenters. The second-order valence-electron chi connectivity index (χ2n) is 3.53. The summed E-state index contributed by atoms with van der Waals surface area (Å²) in [5.74, 6) is -0.153. The van der Waals surface area contributed by atoms with Gasteiger partial charge in [0.05, 0.1) is 0 Å². The van der Waals surface area contributed by atoms with Gasteiger partial charge in [-0.15, -0.1) is 11.3 Å². The molecule has 2 rings (SSSR count). The SMILES string of the molecule is CNC(=O)c1cccc(-c2ccc(S(=O)O)s2)c1. The number of hydrogen-bond donors (Lipinski definition) is 2. The van der Waals surface area contributed by atoms with Crippen molar-refractivity contribution >= 4 is 28.3 Å². The molecule has 0 aliphatic carbocycles. The van der Waals surface area contributed by atoms with E-state index in [-0.39, 0.29) is 5.91 Å². The van der Waals surface area contributed by atoms with E-state index in [0.29, 0.717) is 9.77 Å². The topological polar surface area (TPSA) is 66.4 Å². The monoisotopic (exact) mass is 281 g/mol. The van der Waals surface area contributed by atoms with Crippen LogP contribution in [0.15, 0.2) is 40.6 Å². The summed E-state index contributed by atoms with van der Waals surface area (Å²) in [6, 6.07) is 10.5. The smallest absolute Gasteiger partial charge is 0.251 e. The van der Waals surface area contributed by atoms with Crippen LogP contribution in [0.5, 0.6) is 0 Å². The summed E-state index contributed by atoms with van der Waals surface area (Å²) in [7, 11) is 1.58. The van der Waals surface area contributed by atoms with Gasteiger partial charge in [0, 0.05) is 17.5 Å². The lowest BCUT2D eigenvalue weighted by Crippen LogP contribution is -2.17. The van der Waals surface area contributed by atoms with Gasteiger partial charge in [0.25, 0.3) is 5.91 Å². The molecule has 2 N–H and O–H groups in total. The first kappa shape index (κ1) is 12.9. The number of hydrogen-bond acceptors (Lipinski definition) is 3. The third-order valence-corrected chi connectivity index (χ3v) is 4.48. The number of benzene rings is 1. The molecule has 4 nitrogen and oxygen atoms in total. The predicted octanol–water partition coefficient (Wildman–Crippen LogP) is 2.36. The highest BCUT2D eigenvalue weighted by molar-refractivity contribution is 7.81. The van der Waals surface area contributed by atoms with Crippen molar-refractivity contribution in [2.45, 2.75) is 4.21 Å². The Kier molecular flexibility index (Phi) is 3.90. The zero-order valence-corrected chi connectivity index (χ0v) is 11.2. The van der Waals surface area contributed by atoms with Gasteiger partial charge in [-0.3, -0.25) is 4.79 Å². The van der Waals surface area contributed by atoms with E-state index >= 15 is 0 Å². The van der Waals surface area contributed by atoms with E-state index < -0.39 is 11.1 Å². The zero-order valence-electron chi connectivity index (χ0n) is 9.54. The number of thiophene rings is 1. The van der Waals surface area contributed by atoms with Gasteiger partial charge < -0.3 is 9.87 Å². The van der Waals surface area contributed by atoms with Crippen LogP contribution in [0.2, 0.25) is 0 Å². The Balaban J connectivity index is 2.38. The van der Waals surface area contributed by atoms with Crippen LogP contribution in [0.3, 0.4) is 0 Å². The van der Waals surface area contributed by atoms with Crippen molar-refractivity contribution in [1.82, 2.24) is 5.32 Å². The lowest BCUT2D eigenvalue weighted by molar-refractivity contribution is 0.0963. The van der Waals surface area contributed by atoms with Crippen molar-refractivity contribution in [3.63, 3.8) is 0 Å². The van der Waals surface area contributed by atoms with Crippen LogP contribution in [0, 0.1) is 0 Å². The van der Waals surface area contributed by atoms with Crippen molar-refractivity contribution in [3.05, 3.63) is 42.0 Å². The normalized spacial score (nSPS) is 12.1. The fourth-order valence-corrected chi connectivity index (χ4v) is 3.00. The molecule has 1 atom stereocenters. The summed E-state index contributed by atoms with van der Waals surface area (Å²) in [5, 5.41) is 2.56. The van der Waals surface area contributed by atoms with Crippen molar-refractivity contribution in [2.24, 2.45) is 0 Å². The molecule has 0 spiro atoms. The molecular formula is C12H11NO3S2. The van der Waals surface area contributed by atoms with Crippen molar-refractivity contribution in [1.29, 1.82) is 0 Å². The second kappa shape index (κ2) is 5.43. The van der Waals surface area contributed by atoms with Crippen LogP contribution >= 0.6 is 11.3 Å². The highest BCUT2D eigenvalue weighted by atomic mass is 32.2. The number of amides is 1. The average molecular weight is 281 g/mol. The maximum absolute atomic E-state index is 11.5. The number of carbonyl (C=O) groups is 1. The summed E-state index contributed by atoms with van der Waals surface area (Å²) in [6.07, 6.45) is 0. The van der Waals surface area contributed by atoms with E-state index in [1.165, 1.54) is 11.3 Å².